The number of nitrogens with zero attached hydrogens (tertiary/aromatic N) is 2. The first-order chi connectivity index (χ1) is 9.40. The van der Waals surface area contributed by atoms with Crippen LogP contribution >= 0.6 is 0 Å². The molecule has 0 fully saturated rings. The SMILES string of the molecule is Cc1ccc(C#N)c(Oc2cccc(C(F)(F)F)c2)n1. The molecule has 2 rings (SSSR count). The molecule has 102 valence electrons. The summed E-state index contributed by atoms with van der Waals surface area (Å²) >= 11 is 0. The summed E-state index contributed by atoms with van der Waals surface area (Å²) in [5.41, 5.74) is -0.0554. The van der Waals surface area contributed by atoms with Crippen LogP contribution in [0.2, 0.25) is 0 Å². The van der Waals surface area contributed by atoms with Gasteiger partial charge in [0.25, 0.3) is 0 Å². The Morgan fingerprint density at radius 2 is 1.95 bits per heavy atom. The molecule has 0 saturated heterocycles. The minimum atomic E-state index is -4.45. The van der Waals surface area contributed by atoms with E-state index in [2.05, 4.69) is 4.98 Å². The number of halogens is 3. The van der Waals surface area contributed by atoms with Crippen LogP contribution in [0.4, 0.5) is 13.2 Å². The molecule has 0 amide bonds. The van der Waals surface area contributed by atoms with Crippen molar-refractivity contribution < 1.29 is 17.9 Å². The molecule has 1 aromatic heterocycles. The molecule has 0 aliphatic rings. The van der Waals surface area contributed by atoms with Gasteiger partial charge in [-0.3, -0.25) is 0 Å². The molecule has 0 saturated carbocycles. The third-order valence-electron chi connectivity index (χ3n) is 2.50. The summed E-state index contributed by atoms with van der Waals surface area (Å²) < 4.78 is 43.1. The summed E-state index contributed by atoms with van der Waals surface area (Å²) in [6.07, 6.45) is -4.45. The van der Waals surface area contributed by atoms with E-state index in [0.717, 1.165) is 12.1 Å². The third kappa shape index (κ3) is 3.06. The number of nitriles is 1. The van der Waals surface area contributed by atoms with Gasteiger partial charge in [-0.1, -0.05) is 6.07 Å². The molecule has 0 radical (unpaired) electrons. The number of pyridine rings is 1. The van der Waals surface area contributed by atoms with Gasteiger partial charge in [-0.15, -0.1) is 0 Å². The van der Waals surface area contributed by atoms with Crippen molar-refractivity contribution in [3.8, 4) is 17.7 Å². The minimum Gasteiger partial charge on any atom is -0.438 e. The van der Waals surface area contributed by atoms with E-state index in [1.54, 1.807) is 13.0 Å². The van der Waals surface area contributed by atoms with Crippen LogP contribution in [-0.2, 0) is 6.18 Å². The number of aromatic nitrogens is 1. The largest absolute Gasteiger partial charge is 0.438 e. The number of hydrogen-bond acceptors (Lipinski definition) is 3. The average Bonchev–Trinajstić information content (AvgIpc) is 2.38. The first-order valence-corrected chi connectivity index (χ1v) is 5.63. The van der Waals surface area contributed by atoms with Crippen molar-refractivity contribution in [2.45, 2.75) is 13.1 Å². The Balaban J connectivity index is 2.36. The van der Waals surface area contributed by atoms with E-state index in [1.165, 1.54) is 18.2 Å². The standard InChI is InChI=1S/C14H9F3N2O/c1-9-5-6-10(8-18)13(19-9)20-12-4-2-3-11(7-12)14(15,16)17/h2-7H,1H3. The Hall–Kier alpha value is -2.55. The van der Waals surface area contributed by atoms with E-state index >= 15 is 0 Å². The zero-order valence-corrected chi connectivity index (χ0v) is 10.4. The maximum atomic E-state index is 12.6. The van der Waals surface area contributed by atoms with Gasteiger partial charge in [0.1, 0.15) is 17.4 Å². The lowest BCUT2D eigenvalue weighted by molar-refractivity contribution is -0.137. The van der Waals surface area contributed by atoms with E-state index in [1.807, 2.05) is 6.07 Å². The highest BCUT2D eigenvalue weighted by atomic mass is 19.4. The monoisotopic (exact) mass is 278 g/mol. The summed E-state index contributed by atoms with van der Waals surface area (Å²) in [4.78, 5) is 4.01. The quantitative estimate of drug-likeness (QED) is 0.831. The first kappa shape index (κ1) is 13.9. The van der Waals surface area contributed by atoms with Crippen molar-refractivity contribution in [1.29, 1.82) is 5.26 Å². The van der Waals surface area contributed by atoms with Crippen molar-refractivity contribution in [1.82, 2.24) is 4.98 Å². The average molecular weight is 278 g/mol. The van der Waals surface area contributed by atoms with Crippen LogP contribution < -0.4 is 4.74 Å². The number of benzene rings is 1. The molecule has 0 N–H and O–H groups in total. The van der Waals surface area contributed by atoms with Crippen molar-refractivity contribution in [3.05, 3.63) is 53.2 Å². The van der Waals surface area contributed by atoms with E-state index in [4.69, 9.17) is 10.00 Å². The molecule has 0 aliphatic carbocycles. The molecule has 0 aliphatic heterocycles. The lowest BCUT2D eigenvalue weighted by Crippen LogP contribution is -2.04. The van der Waals surface area contributed by atoms with Gasteiger partial charge in [0.2, 0.25) is 5.88 Å². The van der Waals surface area contributed by atoms with Crippen LogP contribution in [0.5, 0.6) is 11.6 Å². The number of rotatable bonds is 2. The van der Waals surface area contributed by atoms with Crippen molar-refractivity contribution in [3.63, 3.8) is 0 Å². The maximum Gasteiger partial charge on any atom is 0.416 e. The molecule has 2 aromatic rings. The van der Waals surface area contributed by atoms with Crippen molar-refractivity contribution >= 4 is 0 Å². The van der Waals surface area contributed by atoms with Gasteiger partial charge >= 0.3 is 6.18 Å². The first-order valence-electron chi connectivity index (χ1n) is 5.63. The molecule has 3 nitrogen and oxygen atoms in total. The third-order valence-corrected chi connectivity index (χ3v) is 2.50. The number of hydrogen-bond donors (Lipinski definition) is 0. The van der Waals surface area contributed by atoms with Gasteiger partial charge < -0.3 is 4.74 Å². The van der Waals surface area contributed by atoms with Gasteiger partial charge in [-0.05, 0) is 37.3 Å². The molecule has 1 heterocycles. The Bertz CT molecular complexity index is 675. The van der Waals surface area contributed by atoms with Crippen LogP contribution in [0.15, 0.2) is 36.4 Å². The summed E-state index contributed by atoms with van der Waals surface area (Å²) in [5.74, 6) is -0.0266. The maximum absolute atomic E-state index is 12.6. The van der Waals surface area contributed by atoms with Crippen molar-refractivity contribution in [2.75, 3.05) is 0 Å². The Kier molecular flexibility index (Phi) is 3.61. The van der Waals surface area contributed by atoms with E-state index in [0.29, 0.717) is 5.69 Å². The highest BCUT2D eigenvalue weighted by Gasteiger charge is 2.30. The van der Waals surface area contributed by atoms with Gasteiger partial charge in [0, 0.05) is 5.69 Å². The van der Waals surface area contributed by atoms with Gasteiger partial charge in [-0.2, -0.15) is 18.4 Å². The Morgan fingerprint density at radius 3 is 2.60 bits per heavy atom. The molecule has 0 atom stereocenters. The topological polar surface area (TPSA) is 45.9 Å². The predicted octanol–water partition coefficient (Wildman–Crippen LogP) is 4.07. The van der Waals surface area contributed by atoms with Crippen LogP contribution in [0.25, 0.3) is 0 Å². The molecule has 0 unspecified atom stereocenters. The zero-order valence-electron chi connectivity index (χ0n) is 10.4. The van der Waals surface area contributed by atoms with E-state index in [9.17, 15) is 13.2 Å². The van der Waals surface area contributed by atoms with Crippen molar-refractivity contribution in [2.24, 2.45) is 0 Å². The molecule has 6 heteroatoms. The lowest BCUT2D eigenvalue weighted by atomic mass is 10.2. The fourth-order valence-electron chi connectivity index (χ4n) is 1.54. The zero-order chi connectivity index (χ0) is 14.8. The minimum absolute atomic E-state index is 0.00757. The molecule has 20 heavy (non-hydrogen) atoms. The Labute approximate surface area is 113 Å². The summed E-state index contributed by atoms with van der Waals surface area (Å²) in [5, 5.41) is 8.92. The molecule has 1 aromatic carbocycles. The highest BCUT2D eigenvalue weighted by Crippen LogP contribution is 2.32. The van der Waals surface area contributed by atoms with E-state index in [-0.39, 0.29) is 17.2 Å². The Morgan fingerprint density at radius 1 is 1.20 bits per heavy atom. The summed E-state index contributed by atoms with van der Waals surface area (Å²) in [6.45, 7) is 1.69. The number of aryl methyl sites for hydroxylation is 1. The highest BCUT2D eigenvalue weighted by molar-refractivity contribution is 5.42. The second-order valence-electron chi connectivity index (χ2n) is 4.04. The predicted molar refractivity (Wildman–Crippen MR) is 65.2 cm³/mol. The van der Waals surface area contributed by atoms with E-state index < -0.39 is 11.7 Å². The second-order valence-corrected chi connectivity index (χ2v) is 4.04. The molecular weight excluding hydrogens is 269 g/mol. The van der Waals surface area contributed by atoms with Gasteiger partial charge in [-0.25, -0.2) is 4.98 Å². The van der Waals surface area contributed by atoms with Crippen LogP contribution in [0, 0.1) is 18.3 Å². The van der Waals surface area contributed by atoms with Gasteiger partial charge in [0.15, 0.2) is 0 Å². The number of ether oxygens (including phenoxy) is 1. The molecular formula is C14H9F3N2O. The van der Waals surface area contributed by atoms with Crippen LogP contribution in [-0.4, -0.2) is 4.98 Å². The summed E-state index contributed by atoms with van der Waals surface area (Å²) in [7, 11) is 0. The second kappa shape index (κ2) is 5.21. The summed E-state index contributed by atoms with van der Waals surface area (Å²) in [6, 6.07) is 9.43. The fraction of sp³-hybridized carbons (Fsp3) is 0.143. The normalized spacial score (nSPS) is 10.9. The smallest absolute Gasteiger partial charge is 0.416 e. The van der Waals surface area contributed by atoms with Gasteiger partial charge in [0.05, 0.1) is 5.56 Å². The fourth-order valence-corrected chi connectivity index (χ4v) is 1.54. The van der Waals surface area contributed by atoms with Crippen LogP contribution in [0.3, 0.4) is 0 Å². The lowest BCUT2D eigenvalue weighted by Gasteiger charge is -2.10. The van der Waals surface area contributed by atoms with Crippen LogP contribution in [0.1, 0.15) is 16.8 Å². The molecule has 0 spiro atoms. The molecule has 0 bridgehead atoms. The number of alkyl halides is 3.